The highest BCUT2D eigenvalue weighted by Crippen LogP contribution is 2.29. The van der Waals surface area contributed by atoms with Crippen molar-refractivity contribution in [2.75, 3.05) is 23.9 Å². The Hall–Kier alpha value is -3.74. The number of nitrogens with zero attached hydrogens (tertiary/aromatic N) is 1. The largest absolute Gasteiger partial charge is 0.497 e. The number of methoxy groups -OCH3 is 1. The molecule has 0 saturated carbocycles. The standard InChI is InChI=1S/C26H26N4O6S2/c1-36-21-4-2-3-18(13-21)28-25(31)15-20-14-24-23(9-11-27-26(24)29-20)17-5-7-22(8-6-17)38(34,35)30-19-10-12-37(32,33)16-19/h2-9,11,13-14,19,30H,10,12,15-16H2,1H3,(H,27,29)(H,28,31). The minimum absolute atomic E-state index is 0.0154. The average molecular weight is 555 g/mol. The predicted molar refractivity (Wildman–Crippen MR) is 144 cm³/mol. The molecule has 1 aliphatic rings. The number of sulfonamides is 1. The molecule has 3 heterocycles. The second-order valence-corrected chi connectivity index (χ2v) is 13.1. The molecule has 0 bridgehead atoms. The van der Waals surface area contributed by atoms with Crippen LogP contribution in [0.3, 0.4) is 0 Å². The van der Waals surface area contributed by atoms with E-state index in [0.29, 0.717) is 22.8 Å². The summed E-state index contributed by atoms with van der Waals surface area (Å²) in [5.74, 6) is 0.234. The number of pyridine rings is 1. The number of benzene rings is 2. The van der Waals surface area contributed by atoms with Crippen LogP contribution in [0.15, 0.2) is 71.8 Å². The number of rotatable bonds is 8. The molecular formula is C26H26N4O6S2. The number of ether oxygens (including phenoxy) is 1. The lowest BCUT2D eigenvalue weighted by atomic mass is 10.0. The maximum Gasteiger partial charge on any atom is 0.240 e. The average Bonchev–Trinajstić information content (AvgIpc) is 3.44. The van der Waals surface area contributed by atoms with Gasteiger partial charge in [-0.2, -0.15) is 0 Å². The topological polar surface area (TPSA) is 147 Å². The van der Waals surface area contributed by atoms with Gasteiger partial charge in [0.1, 0.15) is 11.4 Å². The van der Waals surface area contributed by atoms with E-state index in [2.05, 4.69) is 20.0 Å². The number of amides is 1. The van der Waals surface area contributed by atoms with Gasteiger partial charge in [0.25, 0.3) is 0 Å². The lowest BCUT2D eigenvalue weighted by molar-refractivity contribution is -0.115. The van der Waals surface area contributed by atoms with Gasteiger partial charge >= 0.3 is 0 Å². The maximum atomic E-state index is 12.8. The van der Waals surface area contributed by atoms with Crippen LogP contribution in [0.25, 0.3) is 22.2 Å². The Labute approximate surface area is 220 Å². The molecule has 2 aromatic carbocycles. The Kier molecular flexibility index (Phi) is 6.95. The summed E-state index contributed by atoms with van der Waals surface area (Å²) in [5, 5.41) is 3.64. The lowest BCUT2D eigenvalue weighted by Crippen LogP contribution is -2.35. The van der Waals surface area contributed by atoms with Crippen molar-refractivity contribution in [3.8, 4) is 16.9 Å². The van der Waals surface area contributed by atoms with Crippen molar-refractivity contribution in [1.82, 2.24) is 14.7 Å². The van der Waals surface area contributed by atoms with Gasteiger partial charge in [0.2, 0.25) is 15.9 Å². The summed E-state index contributed by atoms with van der Waals surface area (Å²) in [6.07, 6.45) is 2.01. The second kappa shape index (κ2) is 10.2. The van der Waals surface area contributed by atoms with Gasteiger partial charge < -0.3 is 15.0 Å². The molecule has 1 fully saturated rings. The quantitative estimate of drug-likeness (QED) is 0.303. The highest BCUT2D eigenvalue weighted by molar-refractivity contribution is 7.92. The van der Waals surface area contributed by atoms with Crippen molar-refractivity contribution in [3.63, 3.8) is 0 Å². The molecule has 1 amide bonds. The molecule has 10 nitrogen and oxygen atoms in total. The molecular weight excluding hydrogens is 528 g/mol. The molecule has 0 aliphatic carbocycles. The number of anilines is 1. The van der Waals surface area contributed by atoms with Gasteiger partial charge in [-0.1, -0.05) is 18.2 Å². The van der Waals surface area contributed by atoms with Gasteiger partial charge in [0.15, 0.2) is 9.84 Å². The highest BCUT2D eigenvalue weighted by atomic mass is 32.2. The van der Waals surface area contributed by atoms with Gasteiger partial charge in [-0.15, -0.1) is 0 Å². The molecule has 1 aliphatic heterocycles. The number of aromatic amines is 1. The fraction of sp³-hybridized carbons (Fsp3) is 0.231. The Morgan fingerprint density at radius 2 is 1.92 bits per heavy atom. The van der Waals surface area contributed by atoms with E-state index in [4.69, 9.17) is 4.74 Å². The second-order valence-electron chi connectivity index (χ2n) is 9.12. The summed E-state index contributed by atoms with van der Waals surface area (Å²) in [4.78, 5) is 20.2. The van der Waals surface area contributed by atoms with Crippen molar-refractivity contribution in [2.24, 2.45) is 0 Å². The first-order valence-electron chi connectivity index (χ1n) is 11.9. The third-order valence-corrected chi connectivity index (χ3v) is 9.63. The summed E-state index contributed by atoms with van der Waals surface area (Å²) in [7, 11) is -5.50. The molecule has 12 heteroatoms. The first-order chi connectivity index (χ1) is 18.1. The van der Waals surface area contributed by atoms with Gasteiger partial charge in [0.05, 0.1) is 29.9 Å². The van der Waals surface area contributed by atoms with Crippen LogP contribution in [0, 0.1) is 0 Å². The molecule has 0 radical (unpaired) electrons. The zero-order valence-corrected chi connectivity index (χ0v) is 22.1. The first kappa shape index (κ1) is 25.9. The van der Waals surface area contributed by atoms with E-state index in [-0.39, 0.29) is 35.2 Å². The van der Waals surface area contributed by atoms with E-state index in [1.165, 1.54) is 12.1 Å². The number of hydrogen-bond acceptors (Lipinski definition) is 7. The normalized spacial score (nSPS) is 16.9. The van der Waals surface area contributed by atoms with E-state index in [0.717, 1.165) is 16.5 Å². The third kappa shape index (κ3) is 5.72. The monoisotopic (exact) mass is 554 g/mol. The fourth-order valence-corrected chi connectivity index (χ4v) is 7.55. The molecule has 5 rings (SSSR count). The number of carbonyl (C=O) groups is 1. The maximum absolute atomic E-state index is 12.8. The number of carbonyl (C=O) groups excluding carboxylic acids is 1. The van der Waals surface area contributed by atoms with E-state index in [9.17, 15) is 21.6 Å². The fourth-order valence-electron chi connectivity index (χ4n) is 4.50. The summed E-state index contributed by atoms with van der Waals surface area (Å²) >= 11 is 0. The summed E-state index contributed by atoms with van der Waals surface area (Å²) in [6.45, 7) is 0. The van der Waals surface area contributed by atoms with Crippen LogP contribution in [0.5, 0.6) is 5.75 Å². The number of sulfone groups is 1. The smallest absolute Gasteiger partial charge is 0.240 e. The van der Waals surface area contributed by atoms with Gasteiger partial charge in [-0.3, -0.25) is 4.79 Å². The van der Waals surface area contributed by atoms with Crippen LogP contribution >= 0.6 is 0 Å². The number of fused-ring (bicyclic) bond motifs is 1. The molecule has 3 N–H and O–H groups in total. The minimum atomic E-state index is -3.86. The number of nitrogens with one attached hydrogen (secondary N) is 3. The zero-order valence-electron chi connectivity index (χ0n) is 20.5. The van der Waals surface area contributed by atoms with Crippen molar-refractivity contribution < 1.29 is 26.4 Å². The van der Waals surface area contributed by atoms with E-state index >= 15 is 0 Å². The number of H-pyrrole nitrogens is 1. The van der Waals surface area contributed by atoms with Crippen molar-refractivity contribution in [1.29, 1.82) is 0 Å². The lowest BCUT2D eigenvalue weighted by Gasteiger charge is -2.12. The van der Waals surface area contributed by atoms with E-state index in [1.807, 2.05) is 12.1 Å². The first-order valence-corrected chi connectivity index (χ1v) is 15.2. The molecule has 38 heavy (non-hydrogen) atoms. The Morgan fingerprint density at radius 1 is 1.13 bits per heavy atom. The molecule has 198 valence electrons. The molecule has 1 atom stereocenters. The molecule has 1 saturated heterocycles. The summed E-state index contributed by atoms with van der Waals surface area (Å²) < 4.78 is 56.6. The summed E-state index contributed by atoms with van der Waals surface area (Å²) in [5.41, 5.74) is 3.50. The Morgan fingerprint density at radius 3 is 2.63 bits per heavy atom. The van der Waals surface area contributed by atoms with E-state index < -0.39 is 25.9 Å². The molecule has 1 unspecified atom stereocenters. The molecule has 0 spiro atoms. The SMILES string of the molecule is COc1cccc(NC(=O)Cc2cc3c(-c4ccc(S(=O)(=O)NC5CCS(=O)(=O)C5)cc4)ccnc3[nH]2)c1. The van der Waals surface area contributed by atoms with Crippen LogP contribution in [-0.2, 0) is 31.1 Å². The zero-order chi connectivity index (χ0) is 26.9. The van der Waals surface area contributed by atoms with Crippen molar-refractivity contribution >= 4 is 42.5 Å². The van der Waals surface area contributed by atoms with Crippen LogP contribution in [-0.4, -0.2) is 57.4 Å². The number of aromatic nitrogens is 2. The van der Waals surface area contributed by atoms with Crippen LogP contribution < -0.4 is 14.8 Å². The van der Waals surface area contributed by atoms with Gasteiger partial charge in [-0.05, 0) is 53.9 Å². The highest BCUT2D eigenvalue weighted by Gasteiger charge is 2.31. The third-order valence-electron chi connectivity index (χ3n) is 6.32. The van der Waals surface area contributed by atoms with Crippen molar-refractivity contribution in [2.45, 2.75) is 23.8 Å². The van der Waals surface area contributed by atoms with Crippen LogP contribution in [0.4, 0.5) is 5.69 Å². The van der Waals surface area contributed by atoms with E-state index in [1.54, 1.807) is 49.7 Å². The van der Waals surface area contributed by atoms with Crippen LogP contribution in [0.1, 0.15) is 12.1 Å². The van der Waals surface area contributed by atoms with Gasteiger partial charge in [-0.25, -0.2) is 26.5 Å². The van der Waals surface area contributed by atoms with Crippen molar-refractivity contribution in [3.05, 3.63) is 72.6 Å². The summed E-state index contributed by atoms with van der Waals surface area (Å²) in [6, 6.07) is 16.5. The molecule has 4 aromatic rings. The minimum Gasteiger partial charge on any atom is -0.497 e. The van der Waals surface area contributed by atoms with Crippen LogP contribution in [0.2, 0.25) is 0 Å². The molecule has 2 aromatic heterocycles. The predicted octanol–water partition coefficient (Wildman–Crippen LogP) is 2.89. The van der Waals surface area contributed by atoms with Gasteiger partial charge in [0, 0.05) is 35.1 Å². The Balaban J connectivity index is 1.32. The Bertz CT molecular complexity index is 1710. The number of hydrogen-bond donors (Lipinski definition) is 3.